The Morgan fingerprint density at radius 1 is 0.906 bits per heavy atom. The zero-order valence-corrected chi connectivity index (χ0v) is 19.2. The molecule has 0 aliphatic carbocycles. The first-order valence-corrected chi connectivity index (χ1v) is 11.5. The summed E-state index contributed by atoms with van der Waals surface area (Å²) in [5.74, 6) is 0.869. The first-order valence-electron chi connectivity index (χ1n) is 9.99. The second kappa shape index (κ2) is 9.74. The van der Waals surface area contributed by atoms with Crippen LogP contribution in [0.15, 0.2) is 71.6 Å². The molecule has 0 bridgehead atoms. The second-order valence-corrected chi connectivity index (χ2v) is 9.06. The number of carbonyl (C=O) groups is 1. The van der Waals surface area contributed by atoms with E-state index in [1.54, 1.807) is 44.4 Å². The molecule has 1 amide bonds. The van der Waals surface area contributed by atoms with E-state index in [1.807, 2.05) is 26.0 Å². The lowest BCUT2D eigenvalue weighted by atomic mass is 10.1. The van der Waals surface area contributed by atoms with E-state index in [0.717, 1.165) is 11.1 Å². The van der Waals surface area contributed by atoms with Gasteiger partial charge in [0.1, 0.15) is 11.5 Å². The van der Waals surface area contributed by atoms with Crippen LogP contribution in [0.1, 0.15) is 18.1 Å². The minimum Gasteiger partial charge on any atom is -0.497 e. The van der Waals surface area contributed by atoms with Gasteiger partial charge in [0.15, 0.2) is 6.10 Å². The quantitative estimate of drug-likeness (QED) is 0.522. The van der Waals surface area contributed by atoms with E-state index in [1.165, 1.54) is 24.3 Å². The van der Waals surface area contributed by atoms with Gasteiger partial charge in [-0.3, -0.25) is 9.52 Å². The highest BCUT2D eigenvalue weighted by Gasteiger charge is 2.18. The SMILES string of the molecule is COc1ccc(O[C@@H](C)C(=O)Nc2ccc(S(=O)(=O)Nc3ccc(C)cc3C)cc2)cc1. The summed E-state index contributed by atoms with van der Waals surface area (Å²) in [6.07, 6.45) is -0.752. The first kappa shape index (κ1) is 23.1. The van der Waals surface area contributed by atoms with Gasteiger partial charge in [0, 0.05) is 5.69 Å². The average molecular weight is 455 g/mol. The lowest BCUT2D eigenvalue weighted by Gasteiger charge is -2.15. The summed E-state index contributed by atoms with van der Waals surface area (Å²) in [4.78, 5) is 12.5. The largest absolute Gasteiger partial charge is 0.497 e. The van der Waals surface area contributed by atoms with Gasteiger partial charge in [0.05, 0.1) is 17.7 Å². The van der Waals surface area contributed by atoms with Gasteiger partial charge in [0.2, 0.25) is 0 Å². The molecule has 0 radical (unpaired) electrons. The van der Waals surface area contributed by atoms with Crippen LogP contribution in [-0.4, -0.2) is 27.5 Å². The molecule has 0 saturated heterocycles. The molecule has 0 unspecified atom stereocenters. The van der Waals surface area contributed by atoms with Crippen LogP contribution in [-0.2, 0) is 14.8 Å². The molecule has 168 valence electrons. The number of hydrogen-bond acceptors (Lipinski definition) is 5. The molecule has 0 fully saturated rings. The number of ether oxygens (including phenoxy) is 2. The van der Waals surface area contributed by atoms with Crippen molar-refractivity contribution in [2.24, 2.45) is 0 Å². The Bertz CT molecular complexity index is 1190. The normalized spacial score (nSPS) is 12.0. The molecule has 0 aromatic heterocycles. The number of methoxy groups -OCH3 is 1. The number of amides is 1. The van der Waals surface area contributed by atoms with Crippen LogP contribution in [0.4, 0.5) is 11.4 Å². The summed E-state index contributed by atoms with van der Waals surface area (Å²) in [6, 6.07) is 18.4. The van der Waals surface area contributed by atoms with Crippen LogP contribution < -0.4 is 19.5 Å². The number of benzene rings is 3. The third-order valence-corrected chi connectivity index (χ3v) is 6.18. The zero-order chi connectivity index (χ0) is 23.3. The number of hydrogen-bond donors (Lipinski definition) is 2. The molecule has 1 atom stereocenters. The van der Waals surface area contributed by atoms with E-state index < -0.39 is 16.1 Å². The van der Waals surface area contributed by atoms with Crippen LogP contribution in [0.5, 0.6) is 11.5 Å². The molecule has 0 aliphatic heterocycles. The van der Waals surface area contributed by atoms with Gasteiger partial charge in [-0.25, -0.2) is 8.42 Å². The molecule has 0 saturated carbocycles. The van der Waals surface area contributed by atoms with Gasteiger partial charge in [-0.05, 0) is 80.9 Å². The number of carbonyl (C=O) groups excluding carboxylic acids is 1. The van der Waals surface area contributed by atoms with Gasteiger partial charge in [-0.15, -0.1) is 0 Å². The van der Waals surface area contributed by atoms with Gasteiger partial charge < -0.3 is 14.8 Å². The lowest BCUT2D eigenvalue weighted by Crippen LogP contribution is -2.30. The van der Waals surface area contributed by atoms with Crippen LogP contribution in [0.2, 0.25) is 0 Å². The topological polar surface area (TPSA) is 93.7 Å². The summed E-state index contributed by atoms with van der Waals surface area (Å²) in [5, 5.41) is 2.72. The molecule has 3 aromatic carbocycles. The molecule has 0 aliphatic rings. The van der Waals surface area contributed by atoms with E-state index >= 15 is 0 Å². The van der Waals surface area contributed by atoms with Crippen molar-refractivity contribution in [2.75, 3.05) is 17.1 Å². The molecule has 3 aromatic rings. The molecule has 8 heteroatoms. The molecular formula is C24H26N2O5S. The summed E-state index contributed by atoms with van der Waals surface area (Å²) in [6.45, 7) is 5.42. The molecule has 0 spiro atoms. The van der Waals surface area contributed by atoms with E-state index in [2.05, 4.69) is 10.0 Å². The molecule has 2 N–H and O–H groups in total. The molecule has 32 heavy (non-hydrogen) atoms. The Morgan fingerprint density at radius 2 is 1.53 bits per heavy atom. The monoisotopic (exact) mass is 454 g/mol. The number of sulfonamides is 1. The van der Waals surface area contributed by atoms with Crippen LogP contribution >= 0.6 is 0 Å². The number of nitrogens with one attached hydrogen (secondary N) is 2. The van der Waals surface area contributed by atoms with E-state index in [4.69, 9.17) is 9.47 Å². The zero-order valence-electron chi connectivity index (χ0n) is 18.4. The highest BCUT2D eigenvalue weighted by molar-refractivity contribution is 7.92. The Morgan fingerprint density at radius 3 is 2.12 bits per heavy atom. The Balaban J connectivity index is 1.63. The van der Waals surface area contributed by atoms with Crippen LogP contribution in [0.3, 0.4) is 0 Å². The summed E-state index contributed by atoms with van der Waals surface area (Å²) >= 11 is 0. The van der Waals surface area contributed by atoms with Crippen LogP contribution in [0.25, 0.3) is 0 Å². The van der Waals surface area contributed by atoms with Crippen molar-refractivity contribution >= 4 is 27.3 Å². The maximum atomic E-state index is 12.7. The van der Waals surface area contributed by atoms with Crippen molar-refractivity contribution < 1.29 is 22.7 Å². The van der Waals surface area contributed by atoms with Gasteiger partial charge in [-0.2, -0.15) is 0 Å². The Labute approximate surface area is 188 Å². The Hall–Kier alpha value is -3.52. The third kappa shape index (κ3) is 5.79. The maximum Gasteiger partial charge on any atom is 0.265 e. The van der Waals surface area contributed by atoms with Gasteiger partial charge >= 0.3 is 0 Å². The van der Waals surface area contributed by atoms with Crippen molar-refractivity contribution in [1.29, 1.82) is 0 Å². The molecular weight excluding hydrogens is 428 g/mol. The lowest BCUT2D eigenvalue weighted by molar-refractivity contribution is -0.122. The van der Waals surface area contributed by atoms with Crippen molar-refractivity contribution in [3.63, 3.8) is 0 Å². The van der Waals surface area contributed by atoms with Crippen molar-refractivity contribution in [1.82, 2.24) is 0 Å². The second-order valence-electron chi connectivity index (χ2n) is 7.37. The summed E-state index contributed by atoms with van der Waals surface area (Å²) < 4.78 is 38.7. The fraction of sp³-hybridized carbons (Fsp3) is 0.208. The number of anilines is 2. The molecule has 0 heterocycles. The summed E-state index contributed by atoms with van der Waals surface area (Å²) in [7, 11) is -2.18. The van der Waals surface area contributed by atoms with Crippen molar-refractivity contribution in [3.8, 4) is 11.5 Å². The maximum absolute atomic E-state index is 12.7. The predicted octanol–water partition coefficient (Wildman–Crippen LogP) is 4.52. The minimum atomic E-state index is -3.75. The van der Waals surface area contributed by atoms with Crippen LogP contribution in [0, 0.1) is 13.8 Å². The molecule has 3 rings (SSSR count). The fourth-order valence-electron chi connectivity index (χ4n) is 3.01. The number of rotatable bonds is 8. The average Bonchev–Trinajstić information content (AvgIpc) is 2.76. The third-order valence-electron chi connectivity index (χ3n) is 4.80. The fourth-order valence-corrected chi connectivity index (χ4v) is 4.14. The predicted molar refractivity (Wildman–Crippen MR) is 125 cm³/mol. The van der Waals surface area contributed by atoms with Crippen molar-refractivity contribution in [3.05, 3.63) is 77.9 Å². The van der Waals surface area contributed by atoms with Gasteiger partial charge in [0.25, 0.3) is 15.9 Å². The highest BCUT2D eigenvalue weighted by atomic mass is 32.2. The smallest absolute Gasteiger partial charge is 0.265 e. The van der Waals surface area contributed by atoms with E-state index in [0.29, 0.717) is 22.9 Å². The molecule has 7 nitrogen and oxygen atoms in total. The van der Waals surface area contributed by atoms with E-state index in [-0.39, 0.29) is 10.8 Å². The Kier molecular flexibility index (Phi) is 7.05. The first-order chi connectivity index (χ1) is 15.2. The minimum absolute atomic E-state index is 0.0954. The van der Waals surface area contributed by atoms with Crippen molar-refractivity contribution in [2.45, 2.75) is 31.8 Å². The number of aryl methyl sites for hydroxylation is 2. The summed E-state index contributed by atoms with van der Waals surface area (Å²) in [5.41, 5.74) is 2.88. The highest BCUT2D eigenvalue weighted by Crippen LogP contribution is 2.22. The standard InChI is InChI=1S/C24H26N2O5S/c1-16-5-14-23(17(2)15-16)26-32(28,29)22-12-6-19(7-13-22)25-24(27)18(3)31-21-10-8-20(30-4)9-11-21/h5-15,18,26H,1-4H3,(H,25,27)/t18-/m0/s1. The van der Waals surface area contributed by atoms with Gasteiger partial charge in [-0.1, -0.05) is 17.7 Å². The van der Waals surface area contributed by atoms with E-state index in [9.17, 15) is 13.2 Å².